The van der Waals surface area contributed by atoms with Crippen LogP contribution in [-0.2, 0) is 14.8 Å². The van der Waals surface area contributed by atoms with Crippen LogP contribution in [0.3, 0.4) is 0 Å². The lowest BCUT2D eigenvalue weighted by molar-refractivity contribution is -0.133. The van der Waals surface area contributed by atoms with Crippen molar-refractivity contribution in [2.24, 2.45) is 0 Å². The predicted molar refractivity (Wildman–Crippen MR) is 143 cm³/mol. The number of hydrogen-bond acceptors (Lipinski definition) is 7. The zero-order valence-corrected chi connectivity index (χ0v) is 21.7. The SMILES string of the molecule is CS(=O)(=O)Nc1ccc(N2CCN(C(=O)COc3ccc4[nH]cc(C5CCN(O)CC5)c4c3)CC2)cc1. The van der Waals surface area contributed by atoms with E-state index in [0.29, 0.717) is 56.6 Å². The number of piperidine rings is 1. The van der Waals surface area contributed by atoms with Gasteiger partial charge in [0.15, 0.2) is 6.61 Å². The summed E-state index contributed by atoms with van der Waals surface area (Å²) in [4.78, 5) is 20.2. The molecule has 3 aromatic rings. The number of piperazine rings is 1. The molecule has 0 radical (unpaired) electrons. The number of sulfonamides is 1. The van der Waals surface area contributed by atoms with Crippen LogP contribution in [0.15, 0.2) is 48.7 Å². The first-order chi connectivity index (χ1) is 17.7. The number of rotatable bonds is 7. The van der Waals surface area contributed by atoms with E-state index in [1.165, 1.54) is 10.6 Å². The highest BCUT2D eigenvalue weighted by Gasteiger charge is 2.23. The van der Waals surface area contributed by atoms with Gasteiger partial charge < -0.3 is 24.7 Å². The largest absolute Gasteiger partial charge is 0.484 e. The molecule has 0 spiro atoms. The summed E-state index contributed by atoms with van der Waals surface area (Å²) < 4.78 is 31.1. The Morgan fingerprint density at radius 3 is 2.43 bits per heavy atom. The molecule has 2 fully saturated rings. The van der Waals surface area contributed by atoms with Gasteiger partial charge in [-0.1, -0.05) is 0 Å². The van der Waals surface area contributed by atoms with Gasteiger partial charge in [0.25, 0.3) is 5.91 Å². The second kappa shape index (κ2) is 10.6. The maximum Gasteiger partial charge on any atom is 0.260 e. The number of H-pyrrole nitrogens is 1. The van der Waals surface area contributed by atoms with Crippen molar-refractivity contribution in [1.29, 1.82) is 0 Å². The number of aromatic amines is 1. The van der Waals surface area contributed by atoms with Crippen LogP contribution in [0.4, 0.5) is 11.4 Å². The van der Waals surface area contributed by atoms with Gasteiger partial charge in [-0.15, -0.1) is 0 Å². The highest BCUT2D eigenvalue weighted by Crippen LogP contribution is 2.34. The van der Waals surface area contributed by atoms with Crippen LogP contribution in [0.25, 0.3) is 10.9 Å². The number of ether oxygens (including phenoxy) is 1. The van der Waals surface area contributed by atoms with Crippen molar-refractivity contribution >= 4 is 38.2 Å². The lowest BCUT2D eigenvalue weighted by Gasteiger charge is -2.36. The van der Waals surface area contributed by atoms with Crippen molar-refractivity contribution < 1.29 is 23.2 Å². The topological polar surface area (TPSA) is 118 Å². The predicted octanol–water partition coefficient (Wildman–Crippen LogP) is 2.84. The molecule has 3 heterocycles. The van der Waals surface area contributed by atoms with E-state index in [1.54, 1.807) is 12.1 Å². The first-order valence-corrected chi connectivity index (χ1v) is 14.4. The van der Waals surface area contributed by atoms with Gasteiger partial charge in [0.2, 0.25) is 10.0 Å². The Balaban J connectivity index is 1.14. The van der Waals surface area contributed by atoms with Crippen LogP contribution in [0.2, 0.25) is 0 Å². The third-order valence-electron chi connectivity index (χ3n) is 7.13. The minimum absolute atomic E-state index is 0.0139. The molecule has 0 aliphatic carbocycles. The van der Waals surface area contributed by atoms with Gasteiger partial charge in [-0.2, -0.15) is 5.06 Å². The fourth-order valence-corrected chi connectivity index (χ4v) is 5.69. The molecule has 1 amide bonds. The molecule has 2 saturated heterocycles. The summed E-state index contributed by atoms with van der Waals surface area (Å²) in [7, 11) is -3.31. The summed E-state index contributed by atoms with van der Waals surface area (Å²) in [6, 6.07) is 13.1. The number of amides is 1. The number of nitrogens with one attached hydrogen (secondary N) is 2. The van der Waals surface area contributed by atoms with Crippen molar-refractivity contribution in [3.8, 4) is 5.75 Å². The molecule has 10 nitrogen and oxygen atoms in total. The summed E-state index contributed by atoms with van der Waals surface area (Å²) in [5.74, 6) is 1.01. The number of hydrogen-bond donors (Lipinski definition) is 3. The van der Waals surface area contributed by atoms with Gasteiger partial charge in [0, 0.05) is 67.7 Å². The smallest absolute Gasteiger partial charge is 0.260 e. The number of carbonyl (C=O) groups excluding carboxylic acids is 1. The van der Waals surface area contributed by atoms with Crippen molar-refractivity contribution in [3.63, 3.8) is 0 Å². The highest BCUT2D eigenvalue weighted by molar-refractivity contribution is 7.92. The van der Waals surface area contributed by atoms with E-state index >= 15 is 0 Å². The highest BCUT2D eigenvalue weighted by atomic mass is 32.2. The quantitative estimate of drug-likeness (QED) is 0.432. The molecule has 5 rings (SSSR count). The van der Waals surface area contributed by atoms with E-state index < -0.39 is 10.0 Å². The molecule has 0 unspecified atom stereocenters. The number of aromatic nitrogens is 1. The van der Waals surface area contributed by atoms with Crippen LogP contribution < -0.4 is 14.4 Å². The van der Waals surface area contributed by atoms with Gasteiger partial charge in [-0.05, 0) is 66.8 Å². The summed E-state index contributed by atoms with van der Waals surface area (Å²) in [5, 5.41) is 12.2. The zero-order chi connectivity index (χ0) is 26.0. The van der Waals surface area contributed by atoms with Crippen molar-refractivity contribution in [2.75, 3.05) is 61.8 Å². The first-order valence-electron chi connectivity index (χ1n) is 12.5. The Bertz CT molecular complexity index is 1340. The van der Waals surface area contributed by atoms with Gasteiger partial charge in [-0.3, -0.25) is 9.52 Å². The van der Waals surface area contributed by atoms with Gasteiger partial charge in [0.05, 0.1) is 6.26 Å². The molecular formula is C26H33N5O5S. The van der Waals surface area contributed by atoms with Gasteiger partial charge >= 0.3 is 0 Å². The molecule has 2 aromatic carbocycles. The maximum atomic E-state index is 12.8. The van der Waals surface area contributed by atoms with Crippen molar-refractivity contribution in [3.05, 3.63) is 54.2 Å². The molecule has 0 atom stereocenters. The van der Waals surface area contributed by atoms with Crippen LogP contribution in [-0.4, -0.2) is 86.6 Å². The average molecular weight is 528 g/mol. The monoisotopic (exact) mass is 527 g/mol. The summed E-state index contributed by atoms with van der Waals surface area (Å²) in [6.45, 7) is 3.89. The number of nitrogens with zero attached hydrogens (tertiary/aromatic N) is 3. The third-order valence-corrected chi connectivity index (χ3v) is 7.73. The number of benzene rings is 2. The van der Waals surface area contributed by atoms with Crippen molar-refractivity contribution in [2.45, 2.75) is 18.8 Å². The standard InChI is InChI=1S/C26H33N5O5S/c1-37(34,35)28-20-2-4-21(5-3-20)29-12-14-30(15-13-29)26(32)18-36-22-6-7-25-23(16-22)24(17-27-25)19-8-10-31(33)11-9-19/h2-7,16-17,19,27-28,33H,8-15,18H2,1H3. The van der Waals surface area contributed by atoms with E-state index in [1.807, 2.05) is 41.4 Å². The minimum Gasteiger partial charge on any atom is -0.484 e. The lowest BCUT2D eigenvalue weighted by Crippen LogP contribution is -2.50. The number of anilines is 2. The average Bonchev–Trinajstić information content (AvgIpc) is 3.31. The Hall–Kier alpha value is -3.28. The molecule has 0 bridgehead atoms. The number of fused-ring (bicyclic) bond motifs is 1. The normalized spacial score (nSPS) is 17.8. The Morgan fingerprint density at radius 2 is 1.76 bits per heavy atom. The van der Waals surface area contributed by atoms with Crippen molar-refractivity contribution in [1.82, 2.24) is 14.9 Å². The second-order valence-electron chi connectivity index (χ2n) is 9.76. The minimum atomic E-state index is -3.31. The van der Waals surface area contributed by atoms with Crippen LogP contribution in [0.1, 0.15) is 24.3 Å². The molecule has 3 N–H and O–H groups in total. The van der Waals surface area contributed by atoms with E-state index in [2.05, 4.69) is 14.6 Å². The first kappa shape index (κ1) is 25.4. The van der Waals surface area contributed by atoms with Gasteiger partial charge in [-0.25, -0.2) is 8.42 Å². The van der Waals surface area contributed by atoms with E-state index in [0.717, 1.165) is 35.7 Å². The summed E-state index contributed by atoms with van der Waals surface area (Å²) in [5.41, 5.74) is 3.79. The van der Waals surface area contributed by atoms with Crippen LogP contribution in [0, 0.1) is 0 Å². The molecule has 0 saturated carbocycles. The maximum absolute atomic E-state index is 12.8. The molecular weight excluding hydrogens is 494 g/mol. The second-order valence-corrected chi connectivity index (χ2v) is 11.5. The molecule has 2 aliphatic heterocycles. The Kier molecular flexibility index (Phi) is 7.27. The number of hydroxylamine groups is 2. The fraction of sp³-hybridized carbons (Fsp3) is 0.423. The van der Waals surface area contributed by atoms with E-state index in [9.17, 15) is 18.4 Å². The summed E-state index contributed by atoms with van der Waals surface area (Å²) in [6.07, 6.45) is 4.98. The molecule has 2 aliphatic rings. The zero-order valence-electron chi connectivity index (χ0n) is 20.9. The van der Waals surface area contributed by atoms with Crippen LogP contribution in [0.5, 0.6) is 5.75 Å². The lowest BCUT2D eigenvalue weighted by atomic mass is 9.90. The Labute approximate surface area is 216 Å². The van der Waals surface area contributed by atoms with Crippen LogP contribution >= 0.6 is 0 Å². The van der Waals surface area contributed by atoms with E-state index in [4.69, 9.17) is 4.74 Å². The molecule has 198 valence electrons. The molecule has 1 aromatic heterocycles. The summed E-state index contributed by atoms with van der Waals surface area (Å²) >= 11 is 0. The fourth-order valence-electron chi connectivity index (χ4n) is 5.13. The third kappa shape index (κ3) is 6.17. The number of carbonyl (C=O) groups is 1. The molecule has 37 heavy (non-hydrogen) atoms. The molecule has 11 heteroatoms. The van der Waals surface area contributed by atoms with Gasteiger partial charge in [0.1, 0.15) is 5.75 Å². The Morgan fingerprint density at radius 1 is 1.05 bits per heavy atom. The van der Waals surface area contributed by atoms with E-state index in [-0.39, 0.29) is 12.5 Å².